The van der Waals surface area contributed by atoms with E-state index in [1.54, 1.807) is 0 Å². The summed E-state index contributed by atoms with van der Waals surface area (Å²) in [6.07, 6.45) is 1.86. The topological polar surface area (TPSA) is 33.1 Å². The molecule has 0 aliphatic carbocycles. The van der Waals surface area contributed by atoms with Gasteiger partial charge in [0.25, 0.3) is 0 Å². The van der Waals surface area contributed by atoms with Gasteiger partial charge in [0.1, 0.15) is 0 Å². The van der Waals surface area contributed by atoms with E-state index in [9.17, 15) is 0 Å². The van der Waals surface area contributed by atoms with Gasteiger partial charge in [0.05, 0.1) is 23.5 Å². The van der Waals surface area contributed by atoms with Crippen LogP contribution in [0.2, 0.25) is 0 Å². The number of pyridine rings is 1. The highest BCUT2D eigenvalue weighted by atomic mass is 32.1. The molecule has 4 aromatic rings. The molecule has 1 saturated heterocycles. The lowest BCUT2D eigenvalue weighted by Gasteiger charge is -2.28. The normalized spacial score (nSPS) is 17.8. The molecule has 2 aromatic heterocycles. The van der Waals surface area contributed by atoms with Crippen LogP contribution in [0.3, 0.4) is 0 Å². The third-order valence-electron chi connectivity index (χ3n) is 6.85. The van der Waals surface area contributed by atoms with Crippen molar-refractivity contribution in [1.29, 1.82) is 0 Å². The summed E-state index contributed by atoms with van der Waals surface area (Å²) in [5, 5.41) is 4.36. The van der Waals surface area contributed by atoms with Crippen LogP contribution in [0, 0.1) is 27.7 Å². The first-order valence-electron chi connectivity index (χ1n) is 11.7. The van der Waals surface area contributed by atoms with Crippen molar-refractivity contribution >= 4 is 17.3 Å². The van der Waals surface area contributed by atoms with Gasteiger partial charge < -0.3 is 14.8 Å². The van der Waals surface area contributed by atoms with Crippen molar-refractivity contribution in [3.63, 3.8) is 0 Å². The highest BCUT2D eigenvalue weighted by molar-refractivity contribution is 7.80. The van der Waals surface area contributed by atoms with E-state index in [4.69, 9.17) is 17.2 Å². The van der Waals surface area contributed by atoms with Gasteiger partial charge in [-0.05, 0) is 80.4 Å². The van der Waals surface area contributed by atoms with E-state index in [2.05, 4.69) is 103 Å². The molecule has 172 valence electrons. The number of hydrogen-bond acceptors (Lipinski definition) is 2. The lowest BCUT2D eigenvalue weighted by molar-refractivity contribution is 0.310. The summed E-state index contributed by atoms with van der Waals surface area (Å²) in [6.45, 7) is 9.54. The van der Waals surface area contributed by atoms with Crippen LogP contribution in [-0.4, -0.2) is 19.6 Å². The summed E-state index contributed by atoms with van der Waals surface area (Å²) in [4.78, 5) is 7.02. The Balaban J connectivity index is 1.65. The molecule has 34 heavy (non-hydrogen) atoms. The van der Waals surface area contributed by atoms with Crippen molar-refractivity contribution in [3.05, 3.63) is 118 Å². The third kappa shape index (κ3) is 3.90. The van der Waals surface area contributed by atoms with Gasteiger partial charge in [-0.1, -0.05) is 54.6 Å². The Morgan fingerprint density at radius 2 is 1.59 bits per heavy atom. The number of aryl methyl sites for hydroxylation is 3. The number of nitrogens with zero attached hydrogens (tertiary/aromatic N) is 3. The molecule has 1 aliphatic rings. The fourth-order valence-electron chi connectivity index (χ4n) is 5.28. The summed E-state index contributed by atoms with van der Waals surface area (Å²) in [6, 6.07) is 25.5. The fourth-order valence-corrected chi connectivity index (χ4v) is 5.59. The predicted octanol–water partition coefficient (Wildman–Crippen LogP) is 6.28. The molecule has 0 amide bonds. The molecule has 2 atom stereocenters. The van der Waals surface area contributed by atoms with Gasteiger partial charge in [-0.2, -0.15) is 0 Å². The van der Waals surface area contributed by atoms with Crippen molar-refractivity contribution in [1.82, 2.24) is 19.8 Å². The van der Waals surface area contributed by atoms with E-state index in [1.165, 1.54) is 39.3 Å². The van der Waals surface area contributed by atoms with E-state index >= 15 is 0 Å². The Kier molecular flexibility index (Phi) is 5.96. The average molecular weight is 467 g/mol. The molecule has 1 fully saturated rings. The van der Waals surface area contributed by atoms with E-state index in [0.717, 1.165) is 17.4 Å². The van der Waals surface area contributed by atoms with E-state index < -0.39 is 0 Å². The average Bonchev–Trinajstić information content (AvgIpc) is 3.31. The summed E-state index contributed by atoms with van der Waals surface area (Å²) >= 11 is 5.89. The Morgan fingerprint density at radius 1 is 0.882 bits per heavy atom. The van der Waals surface area contributed by atoms with Crippen molar-refractivity contribution in [2.75, 3.05) is 0 Å². The predicted molar refractivity (Wildman–Crippen MR) is 142 cm³/mol. The van der Waals surface area contributed by atoms with Gasteiger partial charge in [0.2, 0.25) is 0 Å². The molecule has 0 radical (unpaired) electrons. The first-order chi connectivity index (χ1) is 16.5. The lowest BCUT2D eigenvalue weighted by Crippen LogP contribution is -2.29. The monoisotopic (exact) mass is 466 g/mol. The third-order valence-corrected chi connectivity index (χ3v) is 7.20. The Hall–Kier alpha value is -3.44. The van der Waals surface area contributed by atoms with E-state index in [0.29, 0.717) is 0 Å². The zero-order valence-electron chi connectivity index (χ0n) is 20.1. The van der Waals surface area contributed by atoms with Crippen molar-refractivity contribution in [2.45, 2.75) is 46.3 Å². The molecule has 1 N–H and O–H groups in total. The summed E-state index contributed by atoms with van der Waals surface area (Å²) in [5.74, 6) is 0. The SMILES string of the molecule is Cc1cccc(C)c1-n1c(C)cc([C@H]2[C@@H](c3ccccn3)NC(=S)N2Cc2ccccc2)c1C. The molecular weight excluding hydrogens is 436 g/mol. The van der Waals surface area contributed by atoms with Gasteiger partial charge in [0.15, 0.2) is 5.11 Å². The van der Waals surface area contributed by atoms with Gasteiger partial charge in [0, 0.05) is 24.1 Å². The minimum absolute atomic E-state index is 0.0238. The second kappa shape index (κ2) is 9.07. The minimum Gasteiger partial charge on any atom is -0.352 e. The summed E-state index contributed by atoms with van der Waals surface area (Å²) in [5.41, 5.74) is 9.80. The number of rotatable bonds is 5. The van der Waals surface area contributed by atoms with Gasteiger partial charge in [-0.15, -0.1) is 0 Å². The second-order valence-corrected chi connectivity index (χ2v) is 9.53. The molecular formula is C29H30N4S. The van der Waals surface area contributed by atoms with Crippen LogP contribution < -0.4 is 5.32 Å². The Bertz CT molecular complexity index is 1310. The van der Waals surface area contributed by atoms with Crippen LogP contribution in [0.5, 0.6) is 0 Å². The Labute approximate surface area is 207 Å². The molecule has 4 nitrogen and oxygen atoms in total. The highest BCUT2D eigenvalue weighted by Gasteiger charge is 2.41. The lowest BCUT2D eigenvalue weighted by atomic mass is 9.96. The van der Waals surface area contributed by atoms with Crippen LogP contribution >= 0.6 is 12.2 Å². The van der Waals surface area contributed by atoms with E-state index in [1.807, 2.05) is 18.3 Å². The van der Waals surface area contributed by atoms with Crippen LogP contribution in [0.25, 0.3) is 5.69 Å². The van der Waals surface area contributed by atoms with E-state index in [-0.39, 0.29) is 12.1 Å². The minimum atomic E-state index is -0.0238. The molecule has 5 rings (SSSR count). The zero-order chi connectivity index (χ0) is 23.8. The van der Waals surface area contributed by atoms with Gasteiger partial charge in [-0.25, -0.2) is 0 Å². The molecule has 3 heterocycles. The van der Waals surface area contributed by atoms with Gasteiger partial charge >= 0.3 is 0 Å². The Morgan fingerprint density at radius 3 is 2.26 bits per heavy atom. The molecule has 0 saturated carbocycles. The maximum atomic E-state index is 5.89. The number of benzene rings is 2. The fraction of sp³-hybridized carbons (Fsp3) is 0.241. The highest BCUT2D eigenvalue weighted by Crippen LogP contribution is 2.42. The first-order valence-corrected chi connectivity index (χ1v) is 12.1. The maximum absolute atomic E-state index is 5.89. The maximum Gasteiger partial charge on any atom is 0.170 e. The van der Waals surface area contributed by atoms with Crippen molar-refractivity contribution in [3.8, 4) is 5.69 Å². The number of hydrogen-bond donors (Lipinski definition) is 1. The smallest absolute Gasteiger partial charge is 0.170 e. The number of aromatic nitrogens is 2. The quantitative estimate of drug-likeness (QED) is 0.351. The molecule has 1 aliphatic heterocycles. The van der Waals surface area contributed by atoms with Gasteiger partial charge in [-0.3, -0.25) is 4.98 Å². The van der Waals surface area contributed by atoms with Crippen molar-refractivity contribution < 1.29 is 0 Å². The van der Waals surface area contributed by atoms with Crippen LogP contribution in [0.1, 0.15) is 51.4 Å². The molecule has 0 bridgehead atoms. The zero-order valence-corrected chi connectivity index (χ0v) is 20.9. The molecule has 2 aromatic carbocycles. The largest absolute Gasteiger partial charge is 0.352 e. The molecule has 0 spiro atoms. The second-order valence-electron chi connectivity index (χ2n) is 9.14. The van der Waals surface area contributed by atoms with Crippen LogP contribution in [0.4, 0.5) is 0 Å². The first kappa shape index (κ1) is 22.4. The summed E-state index contributed by atoms with van der Waals surface area (Å²) in [7, 11) is 0. The molecule has 0 unspecified atom stereocenters. The standard InChI is InChI=1S/C29H30N4S/c1-19-11-10-12-20(2)27(19)33-21(3)17-24(22(33)4)28-26(25-15-8-9-16-30-25)31-29(34)32(28)18-23-13-6-5-7-14-23/h5-17,26,28H,18H2,1-4H3,(H,31,34)/t26-,28+/m1/s1. The molecule has 5 heteroatoms. The number of nitrogens with one attached hydrogen (secondary N) is 1. The summed E-state index contributed by atoms with van der Waals surface area (Å²) < 4.78 is 2.40. The van der Waals surface area contributed by atoms with Crippen molar-refractivity contribution in [2.24, 2.45) is 0 Å². The number of para-hydroxylation sites is 1. The number of thiocarbonyl (C=S) groups is 1. The van der Waals surface area contributed by atoms with Crippen LogP contribution in [-0.2, 0) is 6.54 Å². The van der Waals surface area contributed by atoms with Crippen LogP contribution in [0.15, 0.2) is 79.0 Å².